The van der Waals surface area contributed by atoms with Gasteiger partial charge in [-0.3, -0.25) is 9.59 Å². The molecule has 2 saturated carbocycles. The molecule has 2 aliphatic carbocycles. The Morgan fingerprint density at radius 2 is 1.86 bits per heavy atom. The van der Waals surface area contributed by atoms with Gasteiger partial charge in [0.05, 0.1) is 5.54 Å². The van der Waals surface area contributed by atoms with E-state index in [9.17, 15) is 14.7 Å². The van der Waals surface area contributed by atoms with Crippen LogP contribution in [0.15, 0.2) is 24.3 Å². The topological polar surface area (TPSA) is 57.6 Å². The number of rotatable bonds is 2. The number of hydrogen-bond donors (Lipinski definition) is 1. The van der Waals surface area contributed by atoms with Crippen molar-refractivity contribution in [2.24, 2.45) is 0 Å². The standard InChI is InChI=1S/C17H19NO3/c19-15-13-6-2-1-5-12(13)14(16(20)21)17(9-3-4-10-17)18(15)11-7-8-11/h1-2,5-6,11,14H,3-4,7-10H2,(H,20,21). The Labute approximate surface area is 123 Å². The van der Waals surface area contributed by atoms with Crippen LogP contribution in [0, 0.1) is 0 Å². The molecular formula is C17H19NO3. The molecule has 0 aromatic heterocycles. The van der Waals surface area contributed by atoms with E-state index >= 15 is 0 Å². The molecule has 21 heavy (non-hydrogen) atoms. The monoisotopic (exact) mass is 285 g/mol. The van der Waals surface area contributed by atoms with Crippen LogP contribution in [-0.2, 0) is 4.79 Å². The minimum atomic E-state index is -0.789. The van der Waals surface area contributed by atoms with Crippen molar-refractivity contribution >= 4 is 11.9 Å². The normalized spacial score (nSPS) is 27.0. The second kappa shape index (κ2) is 4.33. The molecule has 4 nitrogen and oxygen atoms in total. The number of amides is 1. The van der Waals surface area contributed by atoms with Crippen LogP contribution in [0.4, 0.5) is 0 Å². The summed E-state index contributed by atoms with van der Waals surface area (Å²) < 4.78 is 0. The third kappa shape index (κ3) is 1.68. The average Bonchev–Trinajstić information content (AvgIpc) is 3.18. The largest absolute Gasteiger partial charge is 0.481 e. The number of carbonyl (C=O) groups is 2. The van der Waals surface area contributed by atoms with Crippen molar-refractivity contribution in [2.45, 2.75) is 56.0 Å². The predicted molar refractivity (Wildman–Crippen MR) is 77.2 cm³/mol. The number of nitrogens with zero attached hydrogens (tertiary/aromatic N) is 1. The highest BCUT2D eigenvalue weighted by Crippen LogP contribution is 2.53. The summed E-state index contributed by atoms with van der Waals surface area (Å²) in [5.41, 5.74) is 0.821. The molecule has 1 amide bonds. The number of benzene rings is 1. The van der Waals surface area contributed by atoms with Crippen LogP contribution < -0.4 is 0 Å². The highest BCUT2D eigenvalue weighted by atomic mass is 16.4. The minimum absolute atomic E-state index is 0.0486. The van der Waals surface area contributed by atoms with E-state index in [1.54, 1.807) is 6.07 Å². The minimum Gasteiger partial charge on any atom is -0.481 e. The molecule has 1 heterocycles. The molecule has 1 aromatic carbocycles. The Hall–Kier alpha value is -1.84. The Morgan fingerprint density at radius 3 is 2.48 bits per heavy atom. The summed E-state index contributed by atoms with van der Waals surface area (Å²) in [7, 11) is 0. The second-order valence-corrected chi connectivity index (χ2v) is 6.58. The molecular weight excluding hydrogens is 266 g/mol. The van der Waals surface area contributed by atoms with Gasteiger partial charge < -0.3 is 10.0 Å². The fraction of sp³-hybridized carbons (Fsp3) is 0.529. The van der Waals surface area contributed by atoms with E-state index in [2.05, 4.69) is 0 Å². The van der Waals surface area contributed by atoms with Crippen molar-refractivity contribution in [3.05, 3.63) is 35.4 Å². The van der Waals surface area contributed by atoms with Crippen LogP contribution in [0.5, 0.6) is 0 Å². The molecule has 0 radical (unpaired) electrons. The highest BCUT2D eigenvalue weighted by molar-refractivity contribution is 6.01. The summed E-state index contributed by atoms with van der Waals surface area (Å²) in [6.45, 7) is 0. The molecule has 4 heteroatoms. The van der Waals surface area contributed by atoms with Gasteiger partial charge >= 0.3 is 5.97 Å². The summed E-state index contributed by atoms with van der Waals surface area (Å²) in [4.78, 5) is 27.0. The maximum atomic E-state index is 13.0. The Morgan fingerprint density at radius 1 is 1.19 bits per heavy atom. The van der Waals surface area contributed by atoms with Gasteiger partial charge in [0.1, 0.15) is 5.92 Å². The van der Waals surface area contributed by atoms with Gasteiger partial charge in [0.2, 0.25) is 0 Å². The fourth-order valence-electron chi connectivity index (χ4n) is 4.45. The Kier molecular flexibility index (Phi) is 2.65. The summed E-state index contributed by atoms with van der Waals surface area (Å²) >= 11 is 0. The first-order chi connectivity index (χ1) is 10.1. The zero-order valence-corrected chi connectivity index (χ0v) is 11.9. The van der Waals surface area contributed by atoms with Gasteiger partial charge in [0.25, 0.3) is 5.91 Å². The van der Waals surface area contributed by atoms with Gasteiger partial charge in [-0.05, 0) is 37.3 Å². The van der Waals surface area contributed by atoms with Crippen LogP contribution in [-0.4, -0.2) is 33.5 Å². The van der Waals surface area contributed by atoms with Crippen molar-refractivity contribution in [2.75, 3.05) is 0 Å². The van der Waals surface area contributed by atoms with Crippen molar-refractivity contribution in [3.63, 3.8) is 0 Å². The van der Waals surface area contributed by atoms with Crippen LogP contribution in [0.2, 0.25) is 0 Å². The molecule has 1 unspecified atom stereocenters. The molecule has 3 aliphatic rings. The maximum absolute atomic E-state index is 13.0. The molecule has 0 bridgehead atoms. The van der Waals surface area contributed by atoms with Crippen molar-refractivity contribution in [1.82, 2.24) is 4.90 Å². The molecule has 0 saturated heterocycles. The number of carbonyl (C=O) groups excluding carboxylic acids is 1. The van der Waals surface area contributed by atoms with Crippen molar-refractivity contribution in [1.29, 1.82) is 0 Å². The molecule has 1 N–H and O–H groups in total. The number of carboxylic acids is 1. The van der Waals surface area contributed by atoms with E-state index in [1.165, 1.54) is 0 Å². The lowest BCUT2D eigenvalue weighted by Gasteiger charge is -2.49. The molecule has 1 aliphatic heterocycles. The zero-order valence-electron chi connectivity index (χ0n) is 11.9. The molecule has 1 aromatic rings. The number of aliphatic carboxylic acids is 1. The van der Waals surface area contributed by atoms with Crippen LogP contribution in [0.3, 0.4) is 0 Å². The van der Waals surface area contributed by atoms with Gasteiger partial charge in [-0.15, -0.1) is 0 Å². The predicted octanol–water partition coefficient (Wildman–Crippen LogP) is 2.79. The molecule has 1 atom stereocenters. The number of fused-ring (bicyclic) bond motifs is 1. The first kappa shape index (κ1) is 12.9. The van der Waals surface area contributed by atoms with Gasteiger partial charge in [-0.25, -0.2) is 0 Å². The van der Waals surface area contributed by atoms with Crippen molar-refractivity contribution < 1.29 is 14.7 Å². The first-order valence-corrected chi connectivity index (χ1v) is 7.80. The molecule has 2 fully saturated rings. The summed E-state index contributed by atoms with van der Waals surface area (Å²) in [5.74, 6) is -1.32. The second-order valence-electron chi connectivity index (χ2n) is 6.58. The SMILES string of the molecule is O=C(O)C1c2ccccc2C(=O)N(C2CC2)C12CCCC2. The molecule has 4 rings (SSSR count). The maximum Gasteiger partial charge on any atom is 0.313 e. The van der Waals surface area contributed by atoms with E-state index in [0.717, 1.165) is 38.5 Å². The van der Waals surface area contributed by atoms with Crippen molar-refractivity contribution in [3.8, 4) is 0 Å². The third-order valence-corrected chi connectivity index (χ3v) is 5.37. The van der Waals surface area contributed by atoms with E-state index in [-0.39, 0.29) is 11.9 Å². The van der Waals surface area contributed by atoms with Crippen LogP contribution >= 0.6 is 0 Å². The summed E-state index contributed by atoms with van der Waals surface area (Å²) in [6, 6.07) is 7.54. The van der Waals surface area contributed by atoms with Gasteiger partial charge in [-0.1, -0.05) is 31.0 Å². The average molecular weight is 285 g/mol. The lowest BCUT2D eigenvalue weighted by Crippen LogP contribution is -2.60. The van der Waals surface area contributed by atoms with E-state index in [4.69, 9.17) is 0 Å². The summed E-state index contributed by atoms with van der Waals surface area (Å²) in [5, 5.41) is 9.88. The highest BCUT2D eigenvalue weighted by Gasteiger charge is 2.58. The van der Waals surface area contributed by atoms with Gasteiger partial charge in [0.15, 0.2) is 0 Å². The lowest BCUT2D eigenvalue weighted by molar-refractivity contribution is -0.143. The third-order valence-electron chi connectivity index (χ3n) is 5.37. The Balaban J connectivity index is 1.94. The van der Waals surface area contributed by atoms with Crippen LogP contribution in [0.1, 0.15) is 60.4 Å². The zero-order chi connectivity index (χ0) is 14.6. The molecule has 1 spiro atoms. The lowest BCUT2D eigenvalue weighted by atomic mass is 9.71. The first-order valence-electron chi connectivity index (χ1n) is 7.80. The Bertz CT molecular complexity index is 614. The summed E-state index contributed by atoms with van der Waals surface area (Å²) in [6.07, 6.45) is 5.70. The van der Waals surface area contributed by atoms with Gasteiger partial charge in [0, 0.05) is 11.6 Å². The fourth-order valence-corrected chi connectivity index (χ4v) is 4.45. The van der Waals surface area contributed by atoms with E-state index < -0.39 is 17.4 Å². The molecule has 110 valence electrons. The van der Waals surface area contributed by atoms with E-state index in [1.807, 2.05) is 23.1 Å². The van der Waals surface area contributed by atoms with E-state index in [0.29, 0.717) is 11.1 Å². The van der Waals surface area contributed by atoms with Gasteiger partial charge in [-0.2, -0.15) is 0 Å². The quantitative estimate of drug-likeness (QED) is 0.909. The number of hydrogen-bond acceptors (Lipinski definition) is 2. The van der Waals surface area contributed by atoms with Crippen LogP contribution in [0.25, 0.3) is 0 Å². The number of carboxylic acid groups (broad SMARTS) is 1. The smallest absolute Gasteiger partial charge is 0.313 e.